The number of nitriles is 1. The molecule has 0 atom stereocenters. The molecule has 18 heavy (non-hydrogen) atoms. The number of nitrogens with one attached hydrogen (secondary N) is 2. The van der Waals surface area contributed by atoms with Gasteiger partial charge in [-0.2, -0.15) is 5.26 Å². The lowest BCUT2D eigenvalue weighted by atomic mass is 10.1. The maximum atomic E-state index is 11.7. The number of aromatic nitrogens is 1. The molecule has 0 bridgehead atoms. The number of carbonyl (C=O) groups excluding carboxylic acids is 1. The highest BCUT2D eigenvalue weighted by atomic mass is 79.9. The van der Waals surface area contributed by atoms with Gasteiger partial charge >= 0.3 is 0 Å². The predicted octanol–water partition coefficient (Wildman–Crippen LogP) is 2.58. The van der Waals surface area contributed by atoms with Crippen LogP contribution in [0.5, 0.6) is 0 Å². The van der Waals surface area contributed by atoms with E-state index in [0.29, 0.717) is 17.8 Å². The van der Waals surface area contributed by atoms with Gasteiger partial charge in [0.05, 0.1) is 11.6 Å². The minimum absolute atomic E-state index is 0.162. The Labute approximate surface area is 113 Å². The molecule has 0 spiro atoms. The number of rotatable bonds is 3. The van der Waals surface area contributed by atoms with Gasteiger partial charge in [0.15, 0.2) is 0 Å². The molecule has 1 aromatic heterocycles. The molecular formula is C13H10BrN3O. The molecule has 0 radical (unpaired) electrons. The van der Waals surface area contributed by atoms with E-state index in [1.165, 1.54) is 0 Å². The molecule has 0 fully saturated rings. The van der Waals surface area contributed by atoms with Crippen molar-refractivity contribution >= 4 is 21.8 Å². The molecule has 2 N–H and O–H groups in total. The van der Waals surface area contributed by atoms with Crippen molar-refractivity contribution in [3.8, 4) is 6.07 Å². The fraction of sp³-hybridized carbons (Fsp3) is 0.0769. The van der Waals surface area contributed by atoms with Crippen LogP contribution in [0.4, 0.5) is 0 Å². The van der Waals surface area contributed by atoms with Crippen molar-refractivity contribution in [2.24, 2.45) is 0 Å². The van der Waals surface area contributed by atoms with Gasteiger partial charge < -0.3 is 10.3 Å². The van der Waals surface area contributed by atoms with E-state index in [0.717, 1.165) is 10.0 Å². The summed E-state index contributed by atoms with van der Waals surface area (Å²) in [6.07, 6.45) is 1.70. The third-order valence-corrected chi connectivity index (χ3v) is 2.89. The van der Waals surface area contributed by atoms with Crippen LogP contribution in [0.15, 0.2) is 41.0 Å². The highest BCUT2D eigenvalue weighted by Crippen LogP contribution is 2.10. The summed E-state index contributed by atoms with van der Waals surface area (Å²) in [5.74, 6) is -0.162. The van der Waals surface area contributed by atoms with Gasteiger partial charge in [0.25, 0.3) is 5.91 Å². The van der Waals surface area contributed by atoms with E-state index in [4.69, 9.17) is 5.26 Å². The summed E-state index contributed by atoms with van der Waals surface area (Å²) in [4.78, 5) is 14.6. The van der Waals surface area contributed by atoms with E-state index in [2.05, 4.69) is 32.3 Å². The first-order valence-electron chi connectivity index (χ1n) is 5.30. The summed E-state index contributed by atoms with van der Waals surface area (Å²) in [5, 5.41) is 11.5. The van der Waals surface area contributed by atoms with E-state index in [1.54, 1.807) is 24.4 Å². The largest absolute Gasteiger partial charge is 0.356 e. The summed E-state index contributed by atoms with van der Waals surface area (Å²) in [5.41, 5.74) is 2.07. The third kappa shape index (κ3) is 2.99. The van der Waals surface area contributed by atoms with Gasteiger partial charge in [0, 0.05) is 17.2 Å². The fourth-order valence-corrected chi connectivity index (χ4v) is 1.82. The molecule has 0 aliphatic heterocycles. The molecule has 5 heteroatoms. The second-order valence-corrected chi connectivity index (χ2v) is 4.64. The number of carbonyl (C=O) groups is 1. The smallest absolute Gasteiger partial charge is 0.267 e. The van der Waals surface area contributed by atoms with Gasteiger partial charge in [-0.25, -0.2) is 0 Å². The van der Waals surface area contributed by atoms with Gasteiger partial charge in [-0.1, -0.05) is 12.1 Å². The molecule has 0 aliphatic carbocycles. The van der Waals surface area contributed by atoms with E-state index in [1.807, 2.05) is 12.1 Å². The van der Waals surface area contributed by atoms with Crippen LogP contribution >= 0.6 is 15.9 Å². The first kappa shape index (κ1) is 12.4. The zero-order valence-electron chi connectivity index (χ0n) is 9.40. The van der Waals surface area contributed by atoms with Crippen molar-refractivity contribution in [3.63, 3.8) is 0 Å². The average Bonchev–Trinajstić information content (AvgIpc) is 2.83. The highest BCUT2D eigenvalue weighted by Gasteiger charge is 2.07. The van der Waals surface area contributed by atoms with E-state index in [9.17, 15) is 4.79 Å². The minimum Gasteiger partial charge on any atom is -0.356 e. The van der Waals surface area contributed by atoms with Crippen molar-refractivity contribution in [1.82, 2.24) is 10.3 Å². The maximum Gasteiger partial charge on any atom is 0.267 e. The summed E-state index contributed by atoms with van der Waals surface area (Å²) in [6.45, 7) is 0.432. The van der Waals surface area contributed by atoms with E-state index in [-0.39, 0.29) is 5.91 Å². The lowest BCUT2D eigenvalue weighted by Gasteiger charge is -2.03. The number of aromatic amines is 1. The van der Waals surface area contributed by atoms with Crippen LogP contribution in [0.2, 0.25) is 0 Å². The van der Waals surface area contributed by atoms with Crippen LogP contribution in [0, 0.1) is 11.3 Å². The van der Waals surface area contributed by atoms with Gasteiger partial charge in [-0.05, 0) is 39.7 Å². The summed E-state index contributed by atoms with van der Waals surface area (Å²) in [6, 6.07) is 10.9. The zero-order chi connectivity index (χ0) is 13.0. The van der Waals surface area contributed by atoms with Crippen LogP contribution in [0.25, 0.3) is 0 Å². The molecule has 1 amide bonds. The Morgan fingerprint density at radius 2 is 2.11 bits per heavy atom. The molecule has 0 aliphatic rings. The topological polar surface area (TPSA) is 68.7 Å². The van der Waals surface area contributed by atoms with Crippen molar-refractivity contribution in [2.75, 3.05) is 0 Å². The van der Waals surface area contributed by atoms with Crippen molar-refractivity contribution in [2.45, 2.75) is 6.54 Å². The summed E-state index contributed by atoms with van der Waals surface area (Å²) in [7, 11) is 0. The lowest BCUT2D eigenvalue weighted by molar-refractivity contribution is 0.0946. The number of hydrogen-bond donors (Lipinski definition) is 2. The van der Waals surface area contributed by atoms with Gasteiger partial charge in [-0.3, -0.25) is 4.79 Å². The summed E-state index contributed by atoms with van der Waals surface area (Å²) < 4.78 is 0.839. The Morgan fingerprint density at radius 1 is 1.39 bits per heavy atom. The monoisotopic (exact) mass is 303 g/mol. The molecule has 4 nitrogen and oxygen atoms in total. The van der Waals surface area contributed by atoms with Crippen LogP contribution in [-0.2, 0) is 6.54 Å². The van der Waals surface area contributed by atoms with Crippen molar-refractivity contribution < 1.29 is 4.79 Å². The minimum atomic E-state index is -0.162. The Kier molecular flexibility index (Phi) is 3.80. The van der Waals surface area contributed by atoms with E-state index < -0.39 is 0 Å². The fourth-order valence-electron chi connectivity index (χ4n) is 1.47. The number of H-pyrrole nitrogens is 1. The molecule has 1 heterocycles. The van der Waals surface area contributed by atoms with Gasteiger partial charge in [0.2, 0.25) is 0 Å². The second kappa shape index (κ2) is 5.52. The molecule has 90 valence electrons. The van der Waals surface area contributed by atoms with Gasteiger partial charge in [0.1, 0.15) is 5.69 Å². The Balaban J connectivity index is 1.95. The third-order valence-electron chi connectivity index (χ3n) is 2.43. The quantitative estimate of drug-likeness (QED) is 0.915. The molecule has 0 unspecified atom stereocenters. The zero-order valence-corrected chi connectivity index (χ0v) is 11.0. The molecule has 2 rings (SSSR count). The molecule has 2 aromatic rings. The summed E-state index contributed by atoms with van der Waals surface area (Å²) >= 11 is 3.27. The SMILES string of the molecule is N#Cc1ccc(CNC(=O)c2cc(Br)c[nH]2)cc1. The van der Waals surface area contributed by atoms with Crippen molar-refractivity contribution in [3.05, 3.63) is 57.8 Å². The second-order valence-electron chi connectivity index (χ2n) is 3.72. The van der Waals surface area contributed by atoms with Crippen LogP contribution in [-0.4, -0.2) is 10.9 Å². The number of halogens is 1. The standard InChI is InChI=1S/C13H10BrN3O/c14-11-5-12(16-8-11)13(18)17-7-10-3-1-9(6-15)2-4-10/h1-5,8,16H,7H2,(H,17,18). The van der Waals surface area contributed by atoms with Gasteiger partial charge in [-0.15, -0.1) is 0 Å². The van der Waals surface area contributed by atoms with Crippen LogP contribution in [0.1, 0.15) is 21.6 Å². The molecule has 0 saturated heterocycles. The molecular weight excluding hydrogens is 294 g/mol. The normalized spacial score (nSPS) is 9.78. The first-order chi connectivity index (χ1) is 8.69. The van der Waals surface area contributed by atoms with Crippen LogP contribution in [0.3, 0.4) is 0 Å². The molecule has 0 saturated carbocycles. The van der Waals surface area contributed by atoms with Crippen LogP contribution < -0.4 is 5.32 Å². The Bertz CT molecular complexity index is 595. The highest BCUT2D eigenvalue weighted by molar-refractivity contribution is 9.10. The predicted molar refractivity (Wildman–Crippen MR) is 70.8 cm³/mol. The molecule has 1 aromatic carbocycles. The number of benzene rings is 1. The average molecular weight is 304 g/mol. The Hall–Kier alpha value is -2.06. The van der Waals surface area contributed by atoms with E-state index >= 15 is 0 Å². The lowest BCUT2D eigenvalue weighted by Crippen LogP contribution is -2.22. The maximum absolute atomic E-state index is 11.7. The number of amides is 1. The Morgan fingerprint density at radius 3 is 2.67 bits per heavy atom. The number of hydrogen-bond acceptors (Lipinski definition) is 2. The van der Waals surface area contributed by atoms with Crippen molar-refractivity contribution in [1.29, 1.82) is 5.26 Å². The number of nitrogens with zero attached hydrogens (tertiary/aromatic N) is 1. The first-order valence-corrected chi connectivity index (χ1v) is 6.09.